The van der Waals surface area contributed by atoms with E-state index in [-0.39, 0.29) is 12.1 Å². The Bertz CT molecular complexity index is 1450. The van der Waals surface area contributed by atoms with Gasteiger partial charge in [0.2, 0.25) is 0 Å². The minimum absolute atomic E-state index is 0.0888. The van der Waals surface area contributed by atoms with Gasteiger partial charge in [-0.05, 0) is 86.2 Å². The molecule has 0 bridgehead atoms. The first kappa shape index (κ1) is 24.9. The van der Waals surface area contributed by atoms with Gasteiger partial charge in [0.1, 0.15) is 0 Å². The van der Waals surface area contributed by atoms with Crippen LogP contribution in [0.2, 0.25) is 5.02 Å². The Morgan fingerprint density at radius 3 is 2.37 bits per heavy atom. The summed E-state index contributed by atoms with van der Waals surface area (Å²) in [4.78, 5) is 9.30. The molecule has 2 saturated heterocycles. The van der Waals surface area contributed by atoms with Crippen molar-refractivity contribution in [2.75, 3.05) is 36.1 Å². The van der Waals surface area contributed by atoms with Crippen molar-refractivity contribution in [3.8, 4) is 5.69 Å². The van der Waals surface area contributed by atoms with Crippen molar-refractivity contribution >= 4 is 40.3 Å². The maximum Gasteiger partial charge on any atom is 0.174 e. The van der Waals surface area contributed by atoms with Crippen LogP contribution >= 0.6 is 23.8 Å². The normalized spacial score (nSPS) is 19.6. The number of ether oxygens (including phenoxy) is 1. The maximum absolute atomic E-state index is 6.64. The molecule has 4 heterocycles. The predicted molar refractivity (Wildman–Crippen MR) is 158 cm³/mol. The zero-order chi connectivity index (χ0) is 26.2. The first-order chi connectivity index (χ1) is 18.5. The highest BCUT2D eigenvalue weighted by molar-refractivity contribution is 7.80. The van der Waals surface area contributed by atoms with Crippen molar-refractivity contribution in [2.45, 2.75) is 25.9 Å². The van der Waals surface area contributed by atoms with Crippen molar-refractivity contribution in [2.24, 2.45) is 0 Å². The van der Waals surface area contributed by atoms with Crippen LogP contribution in [0.25, 0.3) is 5.69 Å². The number of para-hydroxylation sites is 1. The Morgan fingerprint density at radius 1 is 0.947 bits per heavy atom. The van der Waals surface area contributed by atoms with Gasteiger partial charge in [-0.25, -0.2) is 0 Å². The molecule has 0 radical (unpaired) electrons. The zero-order valence-electron chi connectivity index (χ0n) is 21.5. The molecule has 1 N–H and O–H groups in total. The van der Waals surface area contributed by atoms with E-state index in [1.165, 1.54) is 11.3 Å². The molecule has 2 aromatic carbocycles. The number of morpholine rings is 1. The molecule has 4 aromatic rings. The Morgan fingerprint density at radius 2 is 1.66 bits per heavy atom. The highest BCUT2D eigenvalue weighted by Crippen LogP contribution is 2.44. The van der Waals surface area contributed by atoms with Gasteiger partial charge in [0.15, 0.2) is 5.11 Å². The Balaban J connectivity index is 1.44. The van der Waals surface area contributed by atoms with Crippen molar-refractivity contribution in [3.05, 3.63) is 107 Å². The molecular formula is C30H30ClN5OS. The molecule has 2 atom stereocenters. The molecule has 194 valence electrons. The van der Waals surface area contributed by atoms with Gasteiger partial charge in [0.05, 0.1) is 41.7 Å². The van der Waals surface area contributed by atoms with Crippen molar-refractivity contribution in [3.63, 3.8) is 0 Å². The number of thiocarbonyl (C=S) groups is 1. The molecule has 0 aliphatic carbocycles. The molecule has 0 amide bonds. The quantitative estimate of drug-likeness (QED) is 0.304. The highest BCUT2D eigenvalue weighted by atomic mass is 35.5. The molecule has 2 aliphatic heterocycles. The molecule has 2 fully saturated rings. The summed E-state index contributed by atoms with van der Waals surface area (Å²) in [5.74, 6) is 0. The lowest BCUT2D eigenvalue weighted by atomic mass is 9.96. The Hall–Kier alpha value is -3.39. The summed E-state index contributed by atoms with van der Waals surface area (Å²) in [7, 11) is 0. The summed E-state index contributed by atoms with van der Waals surface area (Å²) in [6, 6.07) is 24.7. The maximum atomic E-state index is 6.64. The van der Waals surface area contributed by atoms with E-state index < -0.39 is 0 Å². The first-order valence-electron chi connectivity index (χ1n) is 12.9. The molecule has 2 aliphatic rings. The van der Waals surface area contributed by atoms with E-state index in [2.05, 4.69) is 76.0 Å². The molecule has 6 nitrogen and oxygen atoms in total. The van der Waals surface area contributed by atoms with Crippen LogP contribution < -0.4 is 15.1 Å². The lowest BCUT2D eigenvalue weighted by molar-refractivity contribution is 0.122. The van der Waals surface area contributed by atoms with E-state index in [0.717, 1.165) is 59.8 Å². The standard InChI is InChI=1S/C30H30ClN5OS/c1-20-19-24(21(2)35(20)27-9-4-3-7-25(27)31)29-28(26-8-5-6-14-32-26)33-30(38)36(29)23-12-10-22(11-13-23)34-15-17-37-18-16-34/h3-14,19,28-29H,15-18H2,1-2H3,(H,33,38)/t28-,29-/m0/s1. The van der Waals surface area contributed by atoms with Gasteiger partial charge in [0, 0.05) is 42.0 Å². The second-order valence-corrected chi connectivity index (χ2v) is 10.5. The number of anilines is 2. The van der Waals surface area contributed by atoms with Gasteiger partial charge in [-0.3, -0.25) is 4.98 Å². The average molecular weight is 544 g/mol. The third kappa shape index (κ3) is 4.45. The minimum Gasteiger partial charge on any atom is -0.378 e. The molecule has 0 unspecified atom stereocenters. The number of hydrogen-bond acceptors (Lipinski definition) is 4. The van der Waals surface area contributed by atoms with Crippen LogP contribution in [0, 0.1) is 13.8 Å². The molecule has 0 spiro atoms. The molecule has 8 heteroatoms. The van der Waals surface area contributed by atoms with Gasteiger partial charge in [-0.15, -0.1) is 0 Å². The lowest BCUT2D eigenvalue weighted by Crippen LogP contribution is -2.36. The minimum atomic E-state index is -0.109. The highest BCUT2D eigenvalue weighted by Gasteiger charge is 2.42. The van der Waals surface area contributed by atoms with Crippen LogP contribution in [0.5, 0.6) is 0 Å². The van der Waals surface area contributed by atoms with Crippen molar-refractivity contribution < 1.29 is 4.74 Å². The number of pyridine rings is 1. The second kappa shape index (κ2) is 10.4. The number of halogens is 1. The number of hydrogen-bond donors (Lipinski definition) is 1. The Labute approximate surface area is 233 Å². The van der Waals surface area contributed by atoms with Crippen LogP contribution in [0.1, 0.15) is 34.7 Å². The molecule has 38 heavy (non-hydrogen) atoms. The largest absolute Gasteiger partial charge is 0.378 e. The third-order valence-electron chi connectivity index (χ3n) is 7.48. The Kier molecular flexibility index (Phi) is 6.82. The predicted octanol–water partition coefficient (Wildman–Crippen LogP) is 6.16. The van der Waals surface area contributed by atoms with Gasteiger partial charge in [-0.1, -0.05) is 29.8 Å². The lowest BCUT2D eigenvalue weighted by Gasteiger charge is -2.31. The van der Waals surface area contributed by atoms with Crippen LogP contribution in [-0.4, -0.2) is 41.0 Å². The number of nitrogens with zero attached hydrogens (tertiary/aromatic N) is 4. The summed E-state index contributed by atoms with van der Waals surface area (Å²) in [5.41, 5.74) is 7.60. The van der Waals surface area contributed by atoms with Gasteiger partial charge >= 0.3 is 0 Å². The molecule has 6 rings (SSSR count). The monoisotopic (exact) mass is 543 g/mol. The summed E-state index contributed by atoms with van der Waals surface area (Å²) in [6.07, 6.45) is 1.84. The second-order valence-electron chi connectivity index (χ2n) is 9.73. The van der Waals surface area contributed by atoms with E-state index in [9.17, 15) is 0 Å². The fraction of sp³-hybridized carbons (Fsp3) is 0.267. The number of nitrogens with one attached hydrogen (secondary N) is 1. The van der Waals surface area contributed by atoms with Gasteiger partial charge < -0.3 is 24.4 Å². The number of benzene rings is 2. The van der Waals surface area contributed by atoms with Crippen LogP contribution in [0.3, 0.4) is 0 Å². The van der Waals surface area contributed by atoms with E-state index >= 15 is 0 Å². The van der Waals surface area contributed by atoms with Crippen LogP contribution in [0.15, 0.2) is 79.0 Å². The first-order valence-corrected chi connectivity index (χ1v) is 13.7. The summed E-state index contributed by atoms with van der Waals surface area (Å²) >= 11 is 12.6. The fourth-order valence-electron chi connectivity index (χ4n) is 5.69. The number of aromatic nitrogens is 2. The smallest absolute Gasteiger partial charge is 0.174 e. The van der Waals surface area contributed by atoms with E-state index in [1.807, 2.05) is 36.5 Å². The third-order valence-corrected chi connectivity index (χ3v) is 8.12. The van der Waals surface area contributed by atoms with Crippen LogP contribution in [0.4, 0.5) is 11.4 Å². The fourth-order valence-corrected chi connectivity index (χ4v) is 6.25. The summed E-state index contributed by atoms with van der Waals surface area (Å²) < 4.78 is 7.76. The molecule has 2 aromatic heterocycles. The van der Waals surface area contributed by atoms with Crippen molar-refractivity contribution in [1.29, 1.82) is 0 Å². The molecule has 0 saturated carbocycles. The number of aryl methyl sites for hydroxylation is 1. The summed E-state index contributed by atoms with van der Waals surface area (Å²) in [5, 5.41) is 4.99. The van der Waals surface area contributed by atoms with E-state index in [4.69, 9.17) is 33.5 Å². The van der Waals surface area contributed by atoms with Gasteiger partial charge in [0.25, 0.3) is 0 Å². The molecular weight excluding hydrogens is 514 g/mol. The number of rotatable bonds is 5. The topological polar surface area (TPSA) is 45.6 Å². The zero-order valence-corrected chi connectivity index (χ0v) is 23.0. The van der Waals surface area contributed by atoms with E-state index in [1.54, 1.807) is 0 Å². The SMILES string of the molecule is Cc1cc([C@H]2[C@H](c3ccccn3)NC(=S)N2c2ccc(N3CCOCC3)cc2)c(C)n1-c1ccccc1Cl. The average Bonchev–Trinajstić information content (AvgIpc) is 3.45. The van der Waals surface area contributed by atoms with E-state index in [0.29, 0.717) is 5.11 Å². The van der Waals surface area contributed by atoms with Crippen LogP contribution in [-0.2, 0) is 4.74 Å². The summed E-state index contributed by atoms with van der Waals surface area (Å²) in [6.45, 7) is 7.61. The van der Waals surface area contributed by atoms with Crippen molar-refractivity contribution in [1.82, 2.24) is 14.9 Å². The van der Waals surface area contributed by atoms with Gasteiger partial charge in [-0.2, -0.15) is 0 Å².